The SMILES string of the molecule is Cc1cccc(C#N)c1Nc1ccccc1Br. The summed E-state index contributed by atoms with van der Waals surface area (Å²) < 4.78 is 0.979. The molecule has 2 aromatic rings. The molecule has 0 fully saturated rings. The first-order valence-corrected chi connectivity index (χ1v) is 6.03. The first kappa shape index (κ1) is 11.7. The zero-order chi connectivity index (χ0) is 12.3. The number of rotatable bonds is 2. The average Bonchev–Trinajstić information content (AvgIpc) is 2.34. The van der Waals surface area contributed by atoms with E-state index in [9.17, 15) is 0 Å². The number of nitrogens with zero attached hydrogens (tertiary/aromatic N) is 1. The zero-order valence-electron chi connectivity index (χ0n) is 9.37. The molecule has 0 saturated carbocycles. The van der Waals surface area contributed by atoms with E-state index < -0.39 is 0 Å². The lowest BCUT2D eigenvalue weighted by Gasteiger charge is -2.12. The quantitative estimate of drug-likeness (QED) is 0.890. The van der Waals surface area contributed by atoms with Crippen molar-refractivity contribution in [2.24, 2.45) is 0 Å². The standard InChI is InChI=1S/C14H11BrN2/c1-10-5-4-6-11(9-16)14(10)17-13-8-3-2-7-12(13)15/h2-8,17H,1H3. The summed E-state index contributed by atoms with van der Waals surface area (Å²) in [4.78, 5) is 0. The van der Waals surface area contributed by atoms with Crippen molar-refractivity contribution in [1.29, 1.82) is 5.26 Å². The van der Waals surface area contributed by atoms with Gasteiger partial charge in [0.15, 0.2) is 0 Å². The largest absolute Gasteiger partial charge is 0.353 e. The Morgan fingerprint density at radius 2 is 1.88 bits per heavy atom. The molecule has 84 valence electrons. The van der Waals surface area contributed by atoms with Crippen LogP contribution in [-0.4, -0.2) is 0 Å². The van der Waals surface area contributed by atoms with Gasteiger partial charge in [0.25, 0.3) is 0 Å². The highest BCUT2D eigenvalue weighted by molar-refractivity contribution is 9.10. The second-order valence-corrected chi connectivity index (χ2v) is 4.57. The van der Waals surface area contributed by atoms with Gasteiger partial charge < -0.3 is 5.32 Å². The van der Waals surface area contributed by atoms with Crippen LogP contribution < -0.4 is 5.32 Å². The molecule has 2 rings (SSSR count). The van der Waals surface area contributed by atoms with Gasteiger partial charge in [-0.3, -0.25) is 0 Å². The van der Waals surface area contributed by atoms with Gasteiger partial charge in [-0.05, 0) is 46.6 Å². The number of benzene rings is 2. The Labute approximate surface area is 109 Å². The Hall–Kier alpha value is -1.79. The summed E-state index contributed by atoms with van der Waals surface area (Å²) >= 11 is 3.48. The van der Waals surface area contributed by atoms with Crippen molar-refractivity contribution in [3.05, 3.63) is 58.1 Å². The van der Waals surface area contributed by atoms with Crippen LogP contribution >= 0.6 is 15.9 Å². The van der Waals surface area contributed by atoms with Gasteiger partial charge in [0.05, 0.1) is 16.9 Å². The van der Waals surface area contributed by atoms with Crippen LogP contribution in [0.1, 0.15) is 11.1 Å². The van der Waals surface area contributed by atoms with Crippen molar-refractivity contribution >= 4 is 27.3 Å². The van der Waals surface area contributed by atoms with Crippen LogP contribution in [-0.2, 0) is 0 Å². The van der Waals surface area contributed by atoms with Crippen LogP contribution in [0.5, 0.6) is 0 Å². The van der Waals surface area contributed by atoms with Crippen LogP contribution in [0.15, 0.2) is 46.9 Å². The predicted molar refractivity (Wildman–Crippen MR) is 73.3 cm³/mol. The smallest absolute Gasteiger partial charge is 0.101 e. The fourth-order valence-corrected chi connectivity index (χ4v) is 2.01. The molecule has 0 aliphatic carbocycles. The number of anilines is 2. The van der Waals surface area contributed by atoms with Gasteiger partial charge >= 0.3 is 0 Å². The molecular formula is C14H11BrN2. The van der Waals surface area contributed by atoms with Crippen molar-refractivity contribution < 1.29 is 0 Å². The van der Waals surface area contributed by atoms with E-state index in [1.807, 2.05) is 49.4 Å². The molecule has 0 unspecified atom stereocenters. The molecule has 17 heavy (non-hydrogen) atoms. The lowest BCUT2D eigenvalue weighted by atomic mass is 10.1. The average molecular weight is 287 g/mol. The topological polar surface area (TPSA) is 35.8 Å². The zero-order valence-corrected chi connectivity index (χ0v) is 11.0. The van der Waals surface area contributed by atoms with E-state index in [0.717, 1.165) is 21.4 Å². The molecule has 2 aromatic carbocycles. The van der Waals surface area contributed by atoms with Crippen LogP contribution in [0.2, 0.25) is 0 Å². The van der Waals surface area contributed by atoms with Gasteiger partial charge in [0.1, 0.15) is 6.07 Å². The van der Waals surface area contributed by atoms with Crippen LogP contribution in [0.25, 0.3) is 0 Å². The van der Waals surface area contributed by atoms with Crippen LogP contribution in [0, 0.1) is 18.3 Å². The fourth-order valence-electron chi connectivity index (χ4n) is 1.62. The Morgan fingerprint density at radius 1 is 1.12 bits per heavy atom. The van der Waals surface area contributed by atoms with Gasteiger partial charge in [-0.15, -0.1) is 0 Å². The van der Waals surface area contributed by atoms with Gasteiger partial charge in [0.2, 0.25) is 0 Å². The molecule has 1 N–H and O–H groups in total. The highest BCUT2D eigenvalue weighted by atomic mass is 79.9. The molecule has 0 aliphatic heterocycles. The second-order valence-electron chi connectivity index (χ2n) is 3.71. The minimum atomic E-state index is 0.653. The normalized spacial score (nSPS) is 9.71. The number of aryl methyl sites for hydroxylation is 1. The Bertz CT molecular complexity index is 585. The third-order valence-electron chi connectivity index (χ3n) is 2.53. The van der Waals surface area contributed by atoms with Gasteiger partial charge in [-0.1, -0.05) is 24.3 Å². The van der Waals surface area contributed by atoms with E-state index in [-0.39, 0.29) is 0 Å². The molecule has 0 atom stereocenters. The summed E-state index contributed by atoms with van der Waals surface area (Å²) in [5, 5.41) is 12.4. The molecule has 0 saturated heterocycles. The van der Waals surface area contributed by atoms with Crippen LogP contribution in [0.3, 0.4) is 0 Å². The van der Waals surface area contributed by atoms with Gasteiger partial charge in [0, 0.05) is 4.47 Å². The first-order chi connectivity index (χ1) is 8.22. The summed E-state index contributed by atoms with van der Waals surface area (Å²) in [7, 11) is 0. The number of hydrogen-bond donors (Lipinski definition) is 1. The van der Waals surface area contributed by atoms with Crippen molar-refractivity contribution in [1.82, 2.24) is 0 Å². The molecule has 3 heteroatoms. The maximum absolute atomic E-state index is 9.09. The van der Waals surface area contributed by atoms with Crippen LogP contribution in [0.4, 0.5) is 11.4 Å². The highest BCUT2D eigenvalue weighted by Crippen LogP contribution is 2.29. The van der Waals surface area contributed by atoms with E-state index in [1.165, 1.54) is 0 Å². The fraction of sp³-hybridized carbons (Fsp3) is 0.0714. The number of para-hydroxylation sites is 2. The molecule has 0 aromatic heterocycles. The molecular weight excluding hydrogens is 276 g/mol. The molecule has 0 heterocycles. The van der Waals surface area contributed by atoms with Gasteiger partial charge in [-0.25, -0.2) is 0 Å². The number of hydrogen-bond acceptors (Lipinski definition) is 2. The summed E-state index contributed by atoms with van der Waals surface area (Å²) in [6, 6.07) is 15.7. The lowest BCUT2D eigenvalue weighted by Crippen LogP contribution is -1.96. The number of halogens is 1. The first-order valence-electron chi connectivity index (χ1n) is 5.23. The second kappa shape index (κ2) is 5.03. The predicted octanol–water partition coefficient (Wildman–Crippen LogP) is 4.37. The minimum Gasteiger partial charge on any atom is -0.353 e. The van der Waals surface area contributed by atoms with Crippen molar-refractivity contribution in [2.45, 2.75) is 6.92 Å². The molecule has 2 nitrogen and oxygen atoms in total. The van der Waals surface area contributed by atoms with E-state index in [1.54, 1.807) is 0 Å². The Kier molecular flexibility index (Phi) is 3.46. The van der Waals surface area contributed by atoms with Crippen molar-refractivity contribution in [3.8, 4) is 6.07 Å². The van der Waals surface area contributed by atoms with E-state index in [4.69, 9.17) is 5.26 Å². The van der Waals surface area contributed by atoms with E-state index >= 15 is 0 Å². The molecule has 0 bridgehead atoms. The summed E-state index contributed by atoms with van der Waals surface area (Å²) in [6.07, 6.45) is 0. The van der Waals surface area contributed by atoms with Crippen molar-refractivity contribution in [2.75, 3.05) is 5.32 Å². The molecule has 0 aliphatic rings. The summed E-state index contributed by atoms with van der Waals surface area (Å²) in [6.45, 7) is 1.99. The van der Waals surface area contributed by atoms with Crippen molar-refractivity contribution in [3.63, 3.8) is 0 Å². The minimum absolute atomic E-state index is 0.653. The number of nitrogens with one attached hydrogen (secondary N) is 1. The van der Waals surface area contributed by atoms with E-state index in [0.29, 0.717) is 5.56 Å². The van der Waals surface area contributed by atoms with Gasteiger partial charge in [-0.2, -0.15) is 5.26 Å². The summed E-state index contributed by atoms with van der Waals surface area (Å²) in [5.41, 5.74) is 3.53. The maximum Gasteiger partial charge on any atom is 0.101 e. The third kappa shape index (κ3) is 2.48. The third-order valence-corrected chi connectivity index (χ3v) is 3.22. The Morgan fingerprint density at radius 3 is 2.59 bits per heavy atom. The Balaban J connectivity index is 2.44. The lowest BCUT2D eigenvalue weighted by molar-refractivity contribution is 1.39. The number of nitriles is 1. The molecule has 0 amide bonds. The van der Waals surface area contributed by atoms with E-state index in [2.05, 4.69) is 27.3 Å². The molecule has 0 spiro atoms. The summed E-state index contributed by atoms with van der Waals surface area (Å²) in [5.74, 6) is 0. The highest BCUT2D eigenvalue weighted by Gasteiger charge is 2.06. The maximum atomic E-state index is 9.09. The molecule has 0 radical (unpaired) electrons. The monoisotopic (exact) mass is 286 g/mol.